The zero-order valence-corrected chi connectivity index (χ0v) is 12.4. The van der Waals surface area contributed by atoms with Gasteiger partial charge in [0.05, 0.1) is 0 Å². The van der Waals surface area contributed by atoms with Gasteiger partial charge in [-0.15, -0.1) is 0 Å². The van der Waals surface area contributed by atoms with Crippen LogP contribution in [0.1, 0.15) is 31.2 Å². The molecule has 0 fully saturated rings. The summed E-state index contributed by atoms with van der Waals surface area (Å²) in [6, 6.07) is 7.07. The van der Waals surface area contributed by atoms with Gasteiger partial charge in [0, 0.05) is 17.3 Å². The number of carbonyl (C=O) groups excluding carboxylic acids is 2. The quantitative estimate of drug-likeness (QED) is 0.589. The predicted molar refractivity (Wildman–Crippen MR) is 81.1 cm³/mol. The molecule has 1 aromatic rings. The first-order valence-corrected chi connectivity index (χ1v) is 7.30. The summed E-state index contributed by atoms with van der Waals surface area (Å²) in [6.07, 6.45) is 6.20. The molecule has 21 heavy (non-hydrogen) atoms. The standard InChI is InChI=1S/C15H18ClN3O2/c16-12-8-6-11(7-9-12)10-17-14(20)15(21)19-18-13-4-2-1-3-5-13/h4,6-9,18H,1-3,5,10H2,(H,17,20)(H,19,21). The third kappa shape index (κ3) is 5.11. The number of hydrogen-bond acceptors (Lipinski definition) is 3. The topological polar surface area (TPSA) is 70.2 Å². The van der Waals surface area contributed by atoms with Crippen LogP contribution in [0, 0.1) is 0 Å². The van der Waals surface area contributed by atoms with Crippen molar-refractivity contribution in [1.82, 2.24) is 16.2 Å². The lowest BCUT2D eigenvalue weighted by molar-refractivity contribution is -0.139. The van der Waals surface area contributed by atoms with Crippen LogP contribution in [0.2, 0.25) is 5.02 Å². The second-order valence-corrected chi connectivity index (χ2v) is 5.30. The van der Waals surface area contributed by atoms with Crippen LogP contribution in [0.15, 0.2) is 36.0 Å². The van der Waals surface area contributed by atoms with Crippen molar-refractivity contribution in [1.29, 1.82) is 0 Å². The molecule has 0 saturated carbocycles. The first kappa shape index (κ1) is 15.4. The van der Waals surface area contributed by atoms with E-state index in [9.17, 15) is 9.59 Å². The van der Waals surface area contributed by atoms with Crippen LogP contribution in [0.3, 0.4) is 0 Å². The first-order chi connectivity index (χ1) is 10.1. The number of hydrazine groups is 1. The predicted octanol–water partition coefficient (Wildman–Crippen LogP) is 2.03. The molecular formula is C15H18ClN3O2. The summed E-state index contributed by atoms with van der Waals surface area (Å²) < 4.78 is 0. The second-order valence-electron chi connectivity index (χ2n) is 4.86. The highest BCUT2D eigenvalue weighted by Gasteiger charge is 2.13. The van der Waals surface area contributed by atoms with Crippen molar-refractivity contribution in [2.24, 2.45) is 0 Å². The van der Waals surface area contributed by atoms with Gasteiger partial charge in [-0.2, -0.15) is 0 Å². The molecule has 6 heteroatoms. The van der Waals surface area contributed by atoms with Crippen molar-refractivity contribution < 1.29 is 9.59 Å². The molecule has 2 rings (SSSR count). The van der Waals surface area contributed by atoms with Crippen LogP contribution >= 0.6 is 11.6 Å². The van der Waals surface area contributed by atoms with E-state index in [1.165, 1.54) is 6.42 Å². The average Bonchev–Trinajstić information content (AvgIpc) is 2.52. The van der Waals surface area contributed by atoms with Gasteiger partial charge in [0.1, 0.15) is 0 Å². The van der Waals surface area contributed by atoms with Crippen molar-refractivity contribution in [3.63, 3.8) is 0 Å². The number of amides is 2. The Balaban J connectivity index is 1.73. The summed E-state index contributed by atoms with van der Waals surface area (Å²) in [6.45, 7) is 0.284. The van der Waals surface area contributed by atoms with Gasteiger partial charge in [0.2, 0.25) is 0 Å². The molecule has 0 heterocycles. The molecule has 0 radical (unpaired) electrons. The van der Waals surface area contributed by atoms with Crippen LogP contribution in [0.5, 0.6) is 0 Å². The summed E-state index contributed by atoms with van der Waals surface area (Å²) >= 11 is 5.77. The summed E-state index contributed by atoms with van der Waals surface area (Å²) in [5.74, 6) is -1.37. The highest BCUT2D eigenvalue weighted by molar-refractivity contribution is 6.34. The Labute approximate surface area is 128 Å². The summed E-state index contributed by atoms with van der Waals surface area (Å²) in [5, 5.41) is 3.18. The number of benzene rings is 1. The molecule has 2 amide bonds. The van der Waals surface area contributed by atoms with Gasteiger partial charge < -0.3 is 10.7 Å². The Morgan fingerprint density at radius 2 is 1.86 bits per heavy atom. The molecule has 112 valence electrons. The minimum Gasteiger partial charge on any atom is -0.344 e. The molecule has 1 aliphatic rings. The normalized spacial score (nSPS) is 14.0. The van der Waals surface area contributed by atoms with Gasteiger partial charge in [-0.1, -0.05) is 29.8 Å². The first-order valence-electron chi connectivity index (χ1n) is 6.93. The SMILES string of the molecule is O=C(NCc1ccc(Cl)cc1)C(=O)NNC1=CCCCC1. The van der Waals surface area contributed by atoms with Gasteiger partial charge >= 0.3 is 11.8 Å². The maximum Gasteiger partial charge on any atom is 0.327 e. The fraction of sp³-hybridized carbons (Fsp3) is 0.333. The molecule has 3 N–H and O–H groups in total. The van der Waals surface area contributed by atoms with E-state index in [0.717, 1.165) is 30.5 Å². The zero-order valence-electron chi connectivity index (χ0n) is 11.6. The minimum absolute atomic E-state index is 0.284. The summed E-state index contributed by atoms with van der Waals surface area (Å²) in [5.41, 5.74) is 7.04. The van der Waals surface area contributed by atoms with Crippen molar-refractivity contribution in [3.05, 3.63) is 46.6 Å². The van der Waals surface area contributed by atoms with Gasteiger partial charge in [-0.05, 0) is 43.4 Å². The molecule has 0 bridgehead atoms. The molecule has 0 spiro atoms. The lowest BCUT2D eigenvalue weighted by Gasteiger charge is -2.15. The summed E-state index contributed by atoms with van der Waals surface area (Å²) in [4.78, 5) is 23.3. The van der Waals surface area contributed by atoms with E-state index in [-0.39, 0.29) is 6.54 Å². The third-order valence-electron chi connectivity index (χ3n) is 3.20. The monoisotopic (exact) mass is 307 g/mol. The molecule has 1 aromatic carbocycles. The van der Waals surface area contributed by atoms with Crippen LogP contribution < -0.4 is 16.2 Å². The van der Waals surface area contributed by atoms with Gasteiger partial charge in [-0.3, -0.25) is 15.0 Å². The molecule has 0 aliphatic heterocycles. The number of nitrogens with one attached hydrogen (secondary N) is 3. The van der Waals surface area contributed by atoms with Crippen LogP contribution in [-0.4, -0.2) is 11.8 Å². The number of rotatable bonds is 4. The Hall–Kier alpha value is -2.01. The van der Waals surface area contributed by atoms with Gasteiger partial charge in [-0.25, -0.2) is 0 Å². The minimum atomic E-state index is -0.699. The maximum atomic E-state index is 11.6. The van der Waals surface area contributed by atoms with Crippen molar-refractivity contribution in [3.8, 4) is 0 Å². The molecule has 5 nitrogen and oxygen atoms in total. The Morgan fingerprint density at radius 1 is 1.10 bits per heavy atom. The smallest absolute Gasteiger partial charge is 0.327 e. The molecule has 0 saturated heterocycles. The lowest BCUT2D eigenvalue weighted by atomic mass is 10.1. The van der Waals surface area contributed by atoms with Crippen molar-refractivity contribution in [2.75, 3.05) is 0 Å². The second kappa shape index (κ2) is 7.69. The maximum absolute atomic E-state index is 11.6. The van der Waals surface area contributed by atoms with E-state index in [1.54, 1.807) is 24.3 Å². The van der Waals surface area contributed by atoms with E-state index >= 15 is 0 Å². The van der Waals surface area contributed by atoms with Gasteiger partial charge in [0.15, 0.2) is 0 Å². The van der Waals surface area contributed by atoms with Crippen LogP contribution in [0.4, 0.5) is 0 Å². The van der Waals surface area contributed by atoms with Crippen LogP contribution in [-0.2, 0) is 16.1 Å². The molecular weight excluding hydrogens is 290 g/mol. The fourth-order valence-corrected chi connectivity index (χ4v) is 2.14. The molecule has 1 aliphatic carbocycles. The fourth-order valence-electron chi connectivity index (χ4n) is 2.01. The van der Waals surface area contributed by atoms with E-state index in [4.69, 9.17) is 11.6 Å². The van der Waals surface area contributed by atoms with E-state index in [0.29, 0.717) is 5.02 Å². The van der Waals surface area contributed by atoms with Gasteiger partial charge in [0.25, 0.3) is 0 Å². The van der Waals surface area contributed by atoms with E-state index in [1.807, 2.05) is 6.08 Å². The molecule has 0 aromatic heterocycles. The zero-order chi connectivity index (χ0) is 15.1. The number of carbonyl (C=O) groups is 2. The van der Waals surface area contributed by atoms with Crippen LogP contribution in [0.25, 0.3) is 0 Å². The number of hydrogen-bond donors (Lipinski definition) is 3. The van der Waals surface area contributed by atoms with Crippen molar-refractivity contribution in [2.45, 2.75) is 32.2 Å². The lowest BCUT2D eigenvalue weighted by Crippen LogP contribution is -2.45. The third-order valence-corrected chi connectivity index (χ3v) is 3.45. The van der Waals surface area contributed by atoms with Crippen molar-refractivity contribution >= 4 is 23.4 Å². The highest BCUT2D eigenvalue weighted by atomic mass is 35.5. The average molecular weight is 308 g/mol. The Morgan fingerprint density at radius 3 is 2.52 bits per heavy atom. The Kier molecular flexibility index (Phi) is 5.63. The van der Waals surface area contributed by atoms with E-state index in [2.05, 4.69) is 16.2 Å². The molecule has 0 atom stereocenters. The number of allylic oxidation sites excluding steroid dienone is 2. The number of halogens is 1. The molecule has 0 unspecified atom stereocenters. The Bertz CT molecular complexity index is 540. The highest BCUT2D eigenvalue weighted by Crippen LogP contribution is 2.13. The van der Waals surface area contributed by atoms with E-state index < -0.39 is 11.8 Å². The summed E-state index contributed by atoms with van der Waals surface area (Å²) in [7, 11) is 0. The largest absolute Gasteiger partial charge is 0.344 e.